The summed E-state index contributed by atoms with van der Waals surface area (Å²) >= 11 is 0. The van der Waals surface area contributed by atoms with E-state index in [1.165, 1.54) is 56.9 Å². The van der Waals surface area contributed by atoms with E-state index in [9.17, 15) is 4.79 Å². The smallest absolute Gasteiger partial charge is 0.246 e. The zero-order valence-electron chi connectivity index (χ0n) is 16.1. The molecule has 0 aromatic carbocycles. The second kappa shape index (κ2) is 15.8. The standard InChI is InChI=1S/C21H39NO/c1-5-9-11-13-14-16-18-20(17-15-12-10-6-2)19-21(23)22(7-3)8-4/h16,18-19H,5-15,17H2,1-4H3. The van der Waals surface area contributed by atoms with Crippen LogP contribution in [0.4, 0.5) is 0 Å². The van der Waals surface area contributed by atoms with Gasteiger partial charge in [0.1, 0.15) is 0 Å². The van der Waals surface area contributed by atoms with Crippen LogP contribution in [0, 0.1) is 0 Å². The van der Waals surface area contributed by atoms with Crippen molar-refractivity contribution in [2.75, 3.05) is 13.1 Å². The van der Waals surface area contributed by atoms with Crippen LogP contribution in [0.15, 0.2) is 23.8 Å². The predicted molar refractivity (Wildman–Crippen MR) is 103 cm³/mol. The van der Waals surface area contributed by atoms with E-state index >= 15 is 0 Å². The Morgan fingerprint density at radius 1 is 0.826 bits per heavy atom. The van der Waals surface area contributed by atoms with Crippen molar-refractivity contribution >= 4 is 5.91 Å². The van der Waals surface area contributed by atoms with Crippen molar-refractivity contribution in [1.29, 1.82) is 0 Å². The topological polar surface area (TPSA) is 20.3 Å². The Balaban J connectivity index is 4.53. The van der Waals surface area contributed by atoms with Gasteiger partial charge in [0.05, 0.1) is 0 Å². The molecule has 0 unspecified atom stereocenters. The molecule has 0 N–H and O–H groups in total. The largest absolute Gasteiger partial charge is 0.340 e. The van der Waals surface area contributed by atoms with Gasteiger partial charge in [-0.3, -0.25) is 4.79 Å². The summed E-state index contributed by atoms with van der Waals surface area (Å²) in [5.41, 5.74) is 1.20. The molecule has 0 rings (SSSR count). The molecule has 0 bridgehead atoms. The number of carbonyl (C=O) groups is 1. The first-order valence-corrected chi connectivity index (χ1v) is 9.85. The third kappa shape index (κ3) is 12.1. The summed E-state index contributed by atoms with van der Waals surface area (Å²) in [4.78, 5) is 14.2. The normalized spacial score (nSPS) is 12.1. The SMILES string of the molecule is CCCCCCC=CC(=CC(=O)N(CC)CC)CCCCCC. The van der Waals surface area contributed by atoms with Crippen LogP contribution in [0.5, 0.6) is 0 Å². The van der Waals surface area contributed by atoms with Crippen LogP contribution < -0.4 is 0 Å². The van der Waals surface area contributed by atoms with E-state index in [0.29, 0.717) is 0 Å². The fourth-order valence-corrected chi connectivity index (χ4v) is 2.67. The number of carbonyl (C=O) groups excluding carboxylic acids is 1. The number of nitrogens with zero attached hydrogens (tertiary/aromatic N) is 1. The van der Waals surface area contributed by atoms with Gasteiger partial charge in [0.2, 0.25) is 5.91 Å². The second-order valence-electron chi connectivity index (χ2n) is 6.29. The minimum atomic E-state index is 0.163. The van der Waals surface area contributed by atoms with Crippen LogP contribution in [-0.4, -0.2) is 23.9 Å². The number of hydrogen-bond donors (Lipinski definition) is 0. The number of unbranched alkanes of at least 4 members (excludes halogenated alkanes) is 7. The molecule has 0 saturated heterocycles. The first kappa shape index (κ1) is 21.9. The van der Waals surface area contributed by atoms with Crippen molar-refractivity contribution < 1.29 is 4.79 Å². The number of amides is 1. The Morgan fingerprint density at radius 2 is 1.43 bits per heavy atom. The average molecular weight is 322 g/mol. The van der Waals surface area contributed by atoms with Gasteiger partial charge in [-0.15, -0.1) is 0 Å². The summed E-state index contributed by atoms with van der Waals surface area (Å²) in [6.07, 6.45) is 18.7. The molecule has 0 radical (unpaired) electrons. The Morgan fingerprint density at radius 3 is 2.00 bits per heavy atom. The van der Waals surface area contributed by atoms with E-state index in [1.54, 1.807) is 0 Å². The van der Waals surface area contributed by atoms with Gasteiger partial charge < -0.3 is 4.90 Å². The van der Waals surface area contributed by atoms with Crippen LogP contribution >= 0.6 is 0 Å². The van der Waals surface area contributed by atoms with Crippen LogP contribution in [0.1, 0.15) is 91.9 Å². The van der Waals surface area contributed by atoms with E-state index in [4.69, 9.17) is 0 Å². The molecule has 2 heteroatoms. The predicted octanol–water partition coefficient (Wildman–Crippen LogP) is 6.28. The molecule has 0 spiro atoms. The van der Waals surface area contributed by atoms with E-state index in [0.717, 1.165) is 25.9 Å². The minimum absolute atomic E-state index is 0.163. The molecule has 0 aliphatic heterocycles. The van der Waals surface area contributed by atoms with E-state index in [-0.39, 0.29) is 5.91 Å². The molecular weight excluding hydrogens is 282 g/mol. The van der Waals surface area contributed by atoms with E-state index in [2.05, 4.69) is 26.0 Å². The molecule has 0 heterocycles. The number of likely N-dealkylation sites (N-methyl/N-ethyl adjacent to an activating group) is 1. The van der Waals surface area contributed by atoms with Crippen molar-refractivity contribution in [3.63, 3.8) is 0 Å². The van der Waals surface area contributed by atoms with Crippen LogP contribution in [0.3, 0.4) is 0 Å². The molecule has 0 aromatic heterocycles. The first-order chi connectivity index (χ1) is 11.2. The van der Waals surface area contributed by atoms with Gasteiger partial charge in [0.15, 0.2) is 0 Å². The first-order valence-electron chi connectivity index (χ1n) is 9.85. The van der Waals surface area contributed by atoms with Crippen molar-refractivity contribution in [2.24, 2.45) is 0 Å². The van der Waals surface area contributed by atoms with Gasteiger partial charge in [0.25, 0.3) is 0 Å². The van der Waals surface area contributed by atoms with Crippen molar-refractivity contribution in [1.82, 2.24) is 4.90 Å². The van der Waals surface area contributed by atoms with Crippen LogP contribution in [0.2, 0.25) is 0 Å². The van der Waals surface area contributed by atoms with Gasteiger partial charge in [-0.25, -0.2) is 0 Å². The molecule has 23 heavy (non-hydrogen) atoms. The molecule has 0 saturated carbocycles. The number of allylic oxidation sites excluding steroid dienone is 3. The Bertz CT molecular complexity index is 340. The quantitative estimate of drug-likeness (QED) is 0.209. The summed E-state index contributed by atoms with van der Waals surface area (Å²) < 4.78 is 0. The van der Waals surface area contributed by atoms with E-state index in [1.807, 2.05) is 24.8 Å². The molecule has 1 amide bonds. The highest BCUT2D eigenvalue weighted by Crippen LogP contribution is 2.13. The monoisotopic (exact) mass is 321 g/mol. The van der Waals surface area contributed by atoms with Crippen molar-refractivity contribution in [3.8, 4) is 0 Å². The molecule has 134 valence electrons. The van der Waals surface area contributed by atoms with Crippen LogP contribution in [-0.2, 0) is 4.79 Å². The Hall–Kier alpha value is -1.05. The van der Waals surface area contributed by atoms with E-state index < -0.39 is 0 Å². The maximum atomic E-state index is 12.3. The fourth-order valence-electron chi connectivity index (χ4n) is 2.67. The summed E-state index contributed by atoms with van der Waals surface area (Å²) in [6.45, 7) is 10.1. The van der Waals surface area contributed by atoms with Gasteiger partial charge in [0, 0.05) is 19.2 Å². The highest BCUT2D eigenvalue weighted by molar-refractivity contribution is 5.88. The van der Waals surface area contributed by atoms with Crippen molar-refractivity contribution in [3.05, 3.63) is 23.8 Å². The molecular formula is C21H39NO. The minimum Gasteiger partial charge on any atom is -0.340 e. The lowest BCUT2D eigenvalue weighted by molar-refractivity contribution is -0.125. The number of rotatable bonds is 14. The third-order valence-corrected chi connectivity index (χ3v) is 4.26. The van der Waals surface area contributed by atoms with Gasteiger partial charge in [-0.05, 0) is 45.1 Å². The maximum absolute atomic E-state index is 12.3. The summed E-state index contributed by atoms with van der Waals surface area (Å²) in [5.74, 6) is 0.163. The Labute approximate surface area is 145 Å². The zero-order chi connectivity index (χ0) is 17.3. The number of hydrogen-bond acceptors (Lipinski definition) is 1. The molecule has 0 aliphatic rings. The van der Waals surface area contributed by atoms with Gasteiger partial charge in [-0.1, -0.05) is 64.5 Å². The third-order valence-electron chi connectivity index (χ3n) is 4.26. The average Bonchev–Trinajstić information content (AvgIpc) is 2.55. The highest BCUT2D eigenvalue weighted by atomic mass is 16.2. The molecule has 0 atom stereocenters. The summed E-state index contributed by atoms with van der Waals surface area (Å²) in [5, 5.41) is 0. The fraction of sp³-hybridized carbons (Fsp3) is 0.762. The summed E-state index contributed by atoms with van der Waals surface area (Å²) in [7, 11) is 0. The second-order valence-corrected chi connectivity index (χ2v) is 6.29. The molecule has 0 fully saturated rings. The lowest BCUT2D eigenvalue weighted by Crippen LogP contribution is -2.29. The van der Waals surface area contributed by atoms with Gasteiger partial charge >= 0.3 is 0 Å². The zero-order valence-corrected chi connectivity index (χ0v) is 16.1. The molecule has 0 aliphatic carbocycles. The maximum Gasteiger partial charge on any atom is 0.246 e. The van der Waals surface area contributed by atoms with Crippen molar-refractivity contribution in [2.45, 2.75) is 91.9 Å². The lowest BCUT2D eigenvalue weighted by Gasteiger charge is -2.17. The Kier molecular flexibility index (Phi) is 15.1. The van der Waals surface area contributed by atoms with Gasteiger partial charge in [-0.2, -0.15) is 0 Å². The molecule has 0 aromatic rings. The lowest BCUT2D eigenvalue weighted by atomic mass is 10.0. The molecule has 2 nitrogen and oxygen atoms in total. The highest BCUT2D eigenvalue weighted by Gasteiger charge is 2.07. The van der Waals surface area contributed by atoms with Crippen LogP contribution in [0.25, 0.3) is 0 Å². The summed E-state index contributed by atoms with van der Waals surface area (Å²) in [6, 6.07) is 0.